The van der Waals surface area contributed by atoms with Gasteiger partial charge in [-0.05, 0) is 29.8 Å². The van der Waals surface area contributed by atoms with Crippen molar-refractivity contribution in [1.82, 2.24) is 14.9 Å². The van der Waals surface area contributed by atoms with Crippen LogP contribution in [0.4, 0.5) is 0 Å². The number of nitrogens with one attached hydrogen (secondary N) is 1. The van der Waals surface area contributed by atoms with Gasteiger partial charge in [-0.2, -0.15) is 0 Å². The molecule has 0 bridgehead atoms. The van der Waals surface area contributed by atoms with E-state index in [1.165, 1.54) is 0 Å². The summed E-state index contributed by atoms with van der Waals surface area (Å²) < 4.78 is 5.63. The van der Waals surface area contributed by atoms with Crippen molar-refractivity contribution >= 4 is 28.4 Å². The number of aromatic amines is 1. The summed E-state index contributed by atoms with van der Waals surface area (Å²) in [6.07, 6.45) is 0. The van der Waals surface area contributed by atoms with Crippen molar-refractivity contribution in [3.63, 3.8) is 0 Å². The molecule has 6 nitrogen and oxygen atoms in total. The molecule has 31 heavy (non-hydrogen) atoms. The van der Waals surface area contributed by atoms with Crippen molar-refractivity contribution in [2.24, 2.45) is 0 Å². The first-order chi connectivity index (χ1) is 15.1. The number of nitrogens with zero attached hydrogens (tertiary/aromatic N) is 2. The van der Waals surface area contributed by atoms with Crippen molar-refractivity contribution in [3.8, 4) is 5.75 Å². The Hall–Kier alpha value is -3.64. The molecule has 0 fully saturated rings. The van der Waals surface area contributed by atoms with Gasteiger partial charge in [-0.25, -0.2) is 4.98 Å². The maximum absolute atomic E-state index is 13.0. The van der Waals surface area contributed by atoms with E-state index in [4.69, 9.17) is 16.3 Å². The van der Waals surface area contributed by atoms with Crippen molar-refractivity contribution in [1.29, 1.82) is 0 Å². The number of carbonyl (C=O) groups excluding carboxylic acids is 1. The standard InChI is InChI=1S/C24H20ClN3O3/c25-19-11-5-7-13-21(19)31-16-23(29)28(14-17-8-2-1-3-9-17)15-22-26-20-12-6-4-10-18(20)24(30)27-22/h1-13H,14-16H2,(H,26,27,30). The molecule has 0 aliphatic carbocycles. The number of rotatable bonds is 7. The highest BCUT2D eigenvalue weighted by atomic mass is 35.5. The molecule has 3 aromatic carbocycles. The molecule has 0 unspecified atom stereocenters. The fraction of sp³-hybridized carbons (Fsp3) is 0.125. The molecule has 1 N–H and O–H groups in total. The zero-order chi connectivity index (χ0) is 21.6. The van der Waals surface area contributed by atoms with E-state index in [0.717, 1.165) is 5.56 Å². The van der Waals surface area contributed by atoms with Crippen LogP contribution in [0.1, 0.15) is 11.4 Å². The molecule has 0 spiro atoms. The van der Waals surface area contributed by atoms with Crippen LogP contribution < -0.4 is 10.3 Å². The molecule has 0 aliphatic heterocycles. The summed E-state index contributed by atoms with van der Waals surface area (Å²) in [5, 5.41) is 0.944. The molecule has 1 heterocycles. The second-order valence-electron chi connectivity index (χ2n) is 6.98. The Morgan fingerprint density at radius 1 is 0.935 bits per heavy atom. The minimum Gasteiger partial charge on any atom is -0.482 e. The molecule has 0 saturated carbocycles. The lowest BCUT2D eigenvalue weighted by atomic mass is 10.2. The van der Waals surface area contributed by atoms with Crippen LogP contribution >= 0.6 is 11.6 Å². The third-order valence-corrected chi connectivity index (χ3v) is 5.07. The van der Waals surface area contributed by atoms with E-state index < -0.39 is 0 Å². The van der Waals surface area contributed by atoms with Crippen LogP contribution in [-0.2, 0) is 17.9 Å². The lowest BCUT2D eigenvalue weighted by molar-refractivity contribution is -0.134. The number of H-pyrrole nitrogens is 1. The Morgan fingerprint density at radius 2 is 1.65 bits per heavy atom. The zero-order valence-electron chi connectivity index (χ0n) is 16.6. The van der Waals surface area contributed by atoms with Crippen LogP contribution in [0.3, 0.4) is 0 Å². The first-order valence-electron chi connectivity index (χ1n) is 9.77. The number of ether oxygens (including phenoxy) is 1. The number of para-hydroxylation sites is 2. The lowest BCUT2D eigenvalue weighted by Gasteiger charge is -2.23. The van der Waals surface area contributed by atoms with Gasteiger partial charge in [0, 0.05) is 6.54 Å². The van der Waals surface area contributed by atoms with Gasteiger partial charge in [-0.1, -0.05) is 66.2 Å². The van der Waals surface area contributed by atoms with Gasteiger partial charge in [0.15, 0.2) is 6.61 Å². The normalized spacial score (nSPS) is 10.7. The molecule has 0 atom stereocenters. The Kier molecular flexibility index (Phi) is 6.29. The quantitative estimate of drug-likeness (QED) is 0.474. The molecule has 4 aromatic rings. The van der Waals surface area contributed by atoms with Crippen molar-refractivity contribution in [2.75, 3.05) is 6.61 Å². The van der Waals surface area contributed by atoms with Gasteiger partial charge in [0.2, 0.25) is 0 Å². The molecule has 1 amide bonds. The highest BCUT2D eigenvalue weighted by Crippen LogP contribution is 2.23. The van der Waals surface area contributed by atoms with Crippen molar-refractivity contribution in [2.45, 2.75) is 13.1 Å². The van der Waals surface area contributed by atoms with Gasteiger partial charge in [-0.15, -0.1) is 0 Å². The predicted octanol–water partition coefficient (Wildman–Crippen LogP) is 4.18. The number of carbonyl (C=O) groups is 1. The monoisotopic (exact) mass is 433 g/mol. The maximum atomic E-state index is 13.0. The topological polar surface area (TPSA) is 75.3 Å². The Balaban J connectivity index is 1.57. The van der Waals surface area contributed by atoms with Crippen LogP contribution in [0.25, 0.3) is 10.9 Å². The smallest absolute Gasteiger partial charge is 0.261 e. The van der Waals surface area contributed by atoms with E-state index in [1.54, 1.807) is 47.4 Å². The van der Waals surface area contributed by atoms with Gasteiger partial charge >= 0.3 is 0 Å². The molecular weight excluding hydrogens is 414 g/mol. The van der Waals surface area contributed by atoms with E-state index in [0.29, 0.717) is 34.0 Å². The first-order valence-corrected chi connectivity index (χ1v) is 10.1. The van der Waals surface area contributed by atoms with E-state index in [-0.39, 0.29) is 24.6 Å². The molecule has 7 heteroatoms. The highest BCUT2D eigenvalue weighted by molar-refractivity contribution is 6.32. The summed E-state index contributed by atoms with van der Waals surface area (Å²) in [4.78, 5) is 34.3. The zero-order valence-corrected chi connectivity index (χ0v) is 17.4. The summed E-state index contributed by atoms with van der Waals surface area (Å²) >= 11 is 6.12. The molecular formula is C24H20ClN3O3. The van der Waals surface area contributed by atoms with E-state index in [1.807, 2.05) is 36.4 Å². The van der Waals surface area contributed by atoms with Gasteiger partial charge < -0.3 is 14.6 Å². The Morgan fingerprint density at radius 3 is 2.45 bits per heavy atom. The molecule has 0 radical (unpaired) electrons. The summed E-state index contributed by atoms with van der Waals surface area (Å²) in [7, 11) is 0. The minimum atomic E-state index is -0.250. The second-order valence-corrected chi connectivity index (χ2v) is 7.39. The van der Waals surface area contributed by atoms with Gasteiger partial charge in [-0.3, -0.25) is 9.59 Å². The molecule has 156 valence electrons. The minimum absolute atomic E-state index is 0.139. The summed E-state index contributed by atoms with van der Waals surface area (Å²) in [6, 6.07) is 23.7. The van der Waals surface area contributed by atoms with Crippen LogP contribution in [-0.4, -0.2) is 27.4 Å². The summed E-state index contributed by atoms with van der Waals surface area (Å²) in [6.45, 7) is 0.302. The van der Waals surface area contributed by atoms with Crippen LogP contribution in [0, 0.1) is 0 Å². The number of amides is 1. The number of aromatic nitrogens is 2. The number of benzene rings is 3. The number of hydrogen-bond acceptors (Lipinski definition) is 4. The van der Waals surface area contributed by atoms with E-state index >= 15 is 0 Å². The number of hydrogen-bond donors (Lipinski definition) is 1. The average molecular weight is 434 g/mol. The second kappa shape index (κ2) is 9.45. The lowest BCUT2D eigenvalue weighted by Crippen LogP contribution is -2.35. The summed E-state index contributed by atoms with van der Waals surface area (Å²) in [5.74, 6) is 0.597. The van der Waals surface area contributed by atoms with Crippen LogP contribution in [0.2, 0.25) is 5.02 Å². The predicted molar refractivity (Wildman–Crippen MR) is 120 cm³/mol. The Bertz CT molecular complexity index is 1260. The fourth-order valence-corrected chi connectivity index (χ4v) is 3.41. The fourth-order valence-electron chi connectivity index (χ4n) is 3.22. The number of fused-ring (bicyclic) bond motifs is 1. The summed E-state index contributed by atoms with van der Waals surface area (Å²) in [5.41, 5.74) is 1.30. The number of halogens is 1. The molecule has 1 aromatic heterocycles. The van der Waals surface area contributed by atoms with Gasteiger partial charge in [0.05, 0.1) is 22.5 Å². The van der Waals surface area contributed by atoms with Gasteiger partial charge in [0.25, 0.3) is 11.5 Å². The average Bonchev–Trinajstić information content (AvgIpc) is 2.79. The third kappa shape index (κ3) is 5.10. The Labute approximate surface area is 184 Å². The van der Waals surface area contributed by atoms with Crippen molar-refractivity contribution in [3.05, 3.63) is 106 Å². The molecule has 0 aliphatic rings. The van der Waals surface area contributed by atoms with Crippen LogP contribution in [0.15, 0.2) is 83.7 Å². The SMILES string of the molecule is O=C(COc1ccccc1Cl)N(Cc1ccccc1)Cc1nc2ccccc2c(=O)[nH]1. The molecule has 4 rings (SSSR count). The van der Waals surface area contributed by atoms with Crippen molar-refractivity contribution < 1.29 is 9.53 Å². The van der Waals surface area contributed by atoms with E-state index in [9.17, 15) is 9.59 Å². The maximum Gasteiger partial charge on any atom is 0.261 e. The van der Waals surface area contributed by atoms with Crippen LogP contribution in [0.5, 0.6) is 5.75 Å². The third-order valence-electron chi connectivity index (χ3n) is 4.76. The van der Waals surface area contributed by atoms with Gasteiger partial charge in [0.1, 0.15) is 11.6 Å². The molecule has 0 saturated heterocycles. The largest absolute Gasteiger partial charge is 0.482 e. The highest BCUT2D eigenvalue weighted by Gasteiger charge is 2.18. The van der Waals surface area contributed by atoms with E-state index in [2.05, 4.69) is 9.97 Å². The first kappa shape index (κ1) is 20.6.